The first-order chi connectivity index (χ1) is 13.0. The van der Waals surface area contributed by atoms with Crippen LogP contribution in [0.2, 0.25) is 0 Å². The van der Waals surface area contributed by atoms with E-state index in [2.05, 4.69) is 16.3 Å². The lowest BCUT2D eigenvalue weighted by atomic mass is 9.97. The standard InChI is InChI=1S/C20H26N4O3/c21-9-14-2-1-7-23(11-14)10-13-3-4-15-12-24(20(27)16(15)8-13)17-5-6-18(25)22-19(17)26/h3-4,8,14,17H,1-2,5-7,9-12,21H2,(H,22,25,26). The summed E-state index contributed by atoms with van der Waals surface area (Å²) >= 11 is 0. The molecule has 3 heterocycles. The molecule has 0 saturated carbocycles. The summed E-state index contributed by atoms with van der Waals surface area (Å²) in [7, 11) is 0. The van der Waals surface area contributed by atoms with Crippen molar-refractivity contribution in [3.63, 3.8) is 0 Å². The lowest BCUT2D eigenvalue weighted by Gasteiger charge is -2.32. The number of carbonyl (C=O) groups excluding carboxylic acids is 3. The number of piperidine rings is 2. The zero-order valence-corrected chi connectivity index (χ0v) is 15.4. The number of hydrogen-bond acceptors (Lipinski definition) is 5. The molecule has 4 rings (SSSR count). The Bertz CT molecular complexity index is 778. The lowest BCUT2D eigenvalue weighted by molar-refractivity contribution is -0.136. The molecule has 3 N–H and O–H groups in total. The van der Waals surface area contributed by atoms with Crippen LogP contribution in [0, 0.1) is 5.92 Å². The largest absolute Gasteiger partial charge is 0.330 e. The van der Waals surface area contributed by atoms with Crippen LogP contribution in [0.1, 0.15) is 47.2 Å². The maximum atomic E-state index is 12.9. The number of rotatable bonds is 4. The third kappa shape index (κ3) is 3.61. The van der Waals surface area contributed by atoms with Gasteiger partial charge in [0.1, 0.15) is 6.04 Å². The molecule has 1 aromatic rings. The van der Waals surface area contributed by atoms with Crippen LogP contribution in [-0.2, 0) is 22.7 Å². The van der Waals surface area contributed by atoms with Gasteiger partial charge < -0.3 is 10.6 Å². The topological polar surface area (TPSA) is 95.7 Å². The first-order valence-electron chi connectivity index (χ1n) is 9.74. The van der Waals surface area contributed by atoms with Crippen LogP contribution < -0.4 is 11.1 Å². The summed E-state index contributed by atoms with van der Waals surface area (Å²) in [6.07, 6.45) is 3.02. The monoisotopic (exact) mass is 370 g/mol. The first-order valence-corrected chi connectivity index (χ1v) is 9.74. The van der Waals surface area contributed by atoms with Gasteiger partial charge >= 0.3 is 0 Å². The van der Waals surface area contributed by atoms with E-state index in [4.69, 9.17) is 5.73 Å². The summed E-state index contributed by atoms with van der Waals surface area (Å²) < 4.78 is 0. The molecule has 2 fully saturated rings. The fourth-order valence-electron chi connectivity index (χ4n) is 4.45. The number of carbonyl (C=O) groups is 3. The van der Waals surface area contributed by atoms with Crippen molar-refractivity contribution in [3.05, 3.63) is 34.9 Å². The number of nitrogens with one attached hydrogen (secondary N) is 1. The minimum atomic E-state index is -0.557. The van der Waals surface area contributed by atoms with Crippen molar-refractivity contribution in [2.24, 2.45) is 11.7 Å². The molecule has 144 valence electrons. The molecule has 0 aromatic heterocycles. The van der Waals surface area contributed by atoms with Crippen LogP contribution in [0.5, 0.6) is 0 Å². The van der Waals surface area contributed by atoms with Crippen LogP contribution in [0.15, 0.2) is 18.2 Å². The van der Waals surface area contributed by atoms with Gasteiger partial charge in [0.05, 0.1) is 0 Å². The minimum Gasteiger partial charge on any atom is -0.330 e. The third-order valence-corrected chi connectivity index (χ3v) is 5.94. The van der Waals surface area contributed by atoms with Crippen LogP contribution in [-0.4, -0.2) is 53.2 Å². The van der Waals surface area contributed by atoms with Gasteiger partial charge in [-0.3, -0.25) is 24.6 Å². The molecule has 2 saturated heterocycles. The molecule has 2 unspecified atom stereocenters. The van der Waals surface area contributed by atoms with Crippen LogP contribution in [0.3, 0.4) is 0 Å². The van der Waals surface area contributed by atoms with Crippen molar-refractivity contribution in [1.82, 2.24) is 15.1 Å². The molecule has 3 amide bonds. The number of benzene rings is 1. The first kappa shape index (κ1) is 18.1. The number of amides is 3. The molecule has 7 heteroatoms. The van der Waals surface area contributed by atoms with E-state index in [9.17, 15) is 14.4 Å². The zero-order valence-electron chi connectivity index (χ0n) is 15.4. The Morgan fingerprint density at radius 1 is 1.19 bits per heavy atom. The van der Waals surface area contributed by atoms with Gasteiger partial charge in [0.2, 0.25) is 11.8 Å². The van der Waals surface area contributed by atoms with E-state index in [1.165, 1.54) is 6.42 Å². The molecule has 0 spiro atoms. The second-order valence-electron chi connectivity index (χ2n) is 7.87. The Morgan fingerprint density at radius 2 is 2.04 bits per heavy atom. The van der Waals surface area contributed by atoms with E-state index in [1.54, 1.807) is 4.90 Å². The fraction of sp³-hybridized carbons (Fsp3) is 0.550. The van der Waals surface area contributed by atoms with Gasteiger partial charge in [0.25, 0.3) is 5.91 Å². The minimum absolute atomic E-state index is 0.111. The molecule has 7 nitrogen and oxygen atoms in total. The summed E-state index contributed by atoms with van der Waals surface area (Å²) in [4.78, 5) is 40.4. The SMILES string of the molecule is NCC1CCCN(Cc2ccc3c(c2)C(=O)N(C2CCC(=O)NC2=O)C3)C1. The number of nitrogens with two attached hydrogens (primary N) is 1. The van der Waals surface area contributed by atoms with Gasteiger partial charge in [-0.05, 0) is 55.5 Å². The number of imide groups is 1. The molecule has 0 radical (unpaired) electrons. The molecular formula is C20H26N4O3. The van der Waals surface area contributed by atoms with E-state index in [-0.39, 0.29) is 24.1 Å². The Kier molecular flexibility index (Phi) is 4.97. The van der Waals surface area contributed by atoms with Crippen molar-refractivity contribution >= 4 is 17.7 Å². The number of likely N-dealkylation sites (tertiary alicyclic amines) is 1. The summed E-state index contributed by atoms with van der Waals surface area (Å²) in [5, 5.41) is 2.34. The Balaban J connectivity index is 1.46. The predicted octanol–water partition coefficient (Wildman–Crippen LogP) is 0.618. The normalized spacial score (nSPS) is 26.3. The zero-order chi connectivity index (χ0) is 19.0. The maximum Gasteiger partial charge on any atom is 0.255 e. The van der Waals surface area contributed by atoms with E-state index in [0.29, 0.717) is 24.4 Å². The third-order valence-electron chi connectivity index (χ3n) is 5.94. The highest BCUT2D eigenvalue weighted by atomic mass is 16.2. The summed E-state index contributed by atoms with van der Waals surface area (Å²) in [5.41, 5.74) is 8.58. The van der Waals surface area contributed by atoms with Gasteiger partial charge in [-0.25, -0.2) is 0 Å². The Hall–Kier alpha value is -2.25. The van der Waals surface area contributed by atoms with E-state index in [1.807, 2.05) is 12.1 Å². The molecule has 0 aliphatic carbocycles. The average molecular weight is 370 g/mol. The number of hydrogen-bond donors (Lipinski definition) is 2. The second-order valence-corrected chi connectivity index (χ2v) is 7.87. The molecule has 1 aromatic carbocycles. The second kappa shape index (κ2) is 7.40. The maximum absolute atomic E-state index is 12.9. The molecule has 2 atom stereocenters. The Labute approximate surface area is 158 Å². The Morgan fingerprint density at radius 3 is 2.81 bits per heavy atom. The highest BCUT2D eigenvalue weighted by Gasteiger charge is 2.39. The molecule has 3 aliphatic rings. The van der Waals surface area contributed by atoms with Crippen molar-refractivity contribution in [1.29, 1.82) is 0 Å². The fourth-order valence-corrected chi connectivity index (χ4v) is 4.45. The molecular weight excluding hydrogens is 344 g/mol. The summed E-state index contributed by atoms with van der Waals surface area (Å²) in [5.74, 6) is -0.188. The van der Waals surface area contributed by atoms with E-state index in [0.717, 1.165) is 43.7 Å². The van der Waals surface area contributed by atoms with Gasteiger partial charge in [0.15, 0.2) is 0 Å². The highest BCUT2D eigenvalue weighted by Crippen LogP contribution is 2.29. The molecule has 27 heavy (non-hydrogen) atoms. The van der Waals surface area contributed by atoms with Gasteiger partial charge in [-0.15, -0.1) is 0 Å². The molecule has 3 aliphatic heterocycles. The quantitative estimate of drug-likeness (QED) is 0.758. The van der Waals surface area contributed by atoms with Gasteiger partial charge in [0, 0.05) is 31.6 Å². The van der Waals surface area contributed by atoms with Crippen LogP contribution in [0.25, 0.3) is 0 Å². The predicted molar refractivity (Wildman–Crippen MR) is 99.5 cm³/mol. The van der Waals surface area contributed by atoms with Gasteiger partial charge in [-0.1, -0.05) is 12.1 Å². The van der Waals surface area contributed by atoms with Crippen molar-refractivity contribution in [3.8, 4) is 0 Å². The van der Waals surface area contributed by atoms with Crippen LogP contribution in [0.4, 0.5) is 0 Å². The van der Waals surface area contributed by atoms with Crippen molar-refractivity contribution in [2.45, 2.75) is 44.8 Å². The summed E-state index contributed by atoms with van der Waals surface area (Å²) in [6.45, 7) is 4.03. The van der Waals surface area contributed by atoms with E-state index < -0.39 is 6.04 Å². The molecule has 0 bridgehead atoms. The highest BCUT2D eigenvalue weighted by molar-refractivity contribution is 6.05. The van der Waals surface area contributed by atoms with Crippen LogP contribution >= 0.6 is 0 Å². The van der Waals surface area contributed by atoms with E-state index >= 15 is 0 Å². The average Bonchev–Trinajstić information content (AvgIpc) is 2.98. The number of nitrogens with zero attached hydrogens (tertiary/aromatic N) is 2. The summed E-state index contributed by atoms with van der Waals surface area (Å²) in [6, 6.07) is 5.49. The number of fused-ring (bicyclic) bond motifs is 1. The smallest absolute Gasteiger partial charge is 0.255 e. The van der Waals surface area contributed by atoms with Crippen molar-refractivity contribution < 1.29 is 14.4 Å². The lowest BCUT2D eigenvalue weighted by Crippen LogP contribution is -2.52. The van der Waals surface area contributed by atoms with Crippen molar-refractivity contribution in [2.75, 3.05) is 19.6 Å². The van der Waals surface area contributed by atoms with Gasteiger partial charge in [-0.2, -0.15) is 0 Å².